The van der Waals surface area contributed by atoms with E-state index in [1.807, 2.05) is 0 Å². The number of amides is 4. The molecule has 1 aromatic rings. The van der Waals surface area contributed by atoms with Crippen LogP contribution in [-0.2, 0) is 16.1 Å². The van der Waals surface area contributed by atoms with Crippen LogP contribution in [0.25, 0.3) is 0 Å². The second-order valence-electron chi connectivity index (χ2n) is 8.62. The highest BCUT2D eigenvalue weighted by molar-refractivity contribution is 6.24. The number of imide groups is 2. The van der Waals surface area contributed by atoms with Gasteiger partial charge in [-0.15, -0.1) is 0 Å². The molecule has 3 fully saturated rings. The summed E-state index contributed by atoms with van der Waals surface area (Å²) in [6, 6.07) is 3.11. The van der Waals surface area contributed by atoms with Gasteiger partial charge < -0.3 is 10.6 Å². The summed E-state index contributed by atoms with van der Waals surface area (Å²) >= 11 is 0. The minimum atomic E-state index is -2.61. The summed E-state index contributed by atoms with van der Waals surface area (Å²) < 4.78 is 27.1. The molecule has 0 spiro atoms. The highest BCUT2D eigenvalue weighted by Crippen LogP contribution is 2.53. The van der Waals surface area contributed by atoms with Crippen LogP contribution in [0.15, 0.2) is 18.2 Å². The number of alkyl halides is 2. The Bertz CT molecular complexity index is 998. The van der Waals surface area contributed by atoms with Gasteiger partial charge in [0.15, 0.2) is 0 Å². The number of benzene rings is 1. The fraction of sp³-hybridized carbons (Fsp3) is 0.524. The molecule has 4 aliphatic rings. The summed E-state index contributed by atoms with van der Waals surface area (Å²) in [6.45, 7) is 0.746. The Hall–Kier alpha value is -2.72. The first-order chi connectivity index (χ1) is 14.8. The van der Waals surface area contributed by atoms with Gasteiger partial charge in [0.1, 0.15) is 6.04 Å². The molecule has 2 saturated heterocycles. The van der Waals surface area contributed by atoms with Gasteiger partial charge in [-0.05, 0) is 30.9 Å². The molecule has 8 nitrogen and oxygen atoms in total. The largest absolute Gasteiger partial charge is 0.311 e. The lowest BCUT2D eigenvalue weighted by molar-refractivity contribution is -0.136. The third-order valence-electron chi connectivity index (χ3n) is 6.70. The van der Waals surface area contributed by atoms with Gasteiger partial charge in [-0.25, -0.2) is 8.78 Å². The van der Waals surface area contributed by atoms with Gasteiger partial charge in [0, 0.05) is 31.5 Å². The molecule has 4 atom stereocenters. The minimum absolute atomic E-state index is 0.0630. The monoisotopic (exact) mass is 432 g/mol. The summed E-state index contributed by atoms with van der Waals surface area (Å²) in [5.41, 5.74) is 1.08. The van der Waals surface area contributed by atoms with Gasteiger partial charge in [0.25, 0.3) is 17.7 Å². The molecule has 5 rings (SSSR count). The maximum Gasteiger partial charge on any atom is 0.268 e. The quantitative estimate of drug-likeness (QED) is 0.587. The molecule has 3 aliphatic heterocycles. The number of nitrogens with one attached hydrogen (secondary N) is 3. The van der Waals surface area contributed by atoms with Crippen LogP contribution in [0.5, 0.6) is 0 Å². The number of piperidine rings is 2. The molecular weight excluding hydrogens is 410 g/mol. The molecule has 31 heavy (non-hydrogen) atoms. The summed E-state index contributed by atoms with van der Waals surface area (Å²) in [5, 5.41) is 8.35. The first kappa shape index (κ1) is 20.2. The lowest BCUT2D eigenvalue weighted by Crippen LogP contribution is -2.54. The van der Waals surface area contributed by atoms with Crippen molar-refractivity contribution >= 4 is 23.6 Å². The first-order valence-electron chi connectivity index (χ1n) is 10.5. The summed E-state index contributed by atoms with van der Waals surface area (Å²) in [7, 11) is 0. The molecule has 0 radical (unpaired) electrons. The summed E-state index contributed by atoms with van der Waals surface area (Å²) in [6.07, 6.45) is 1.31. The Balaban J connectivity index is 1.26. The smallest absolute Gasteiger partial charge is 0.268 e. The molecule has 1 aliphatic carbocycles. The Labute approximate surface area is 176 Å². The first-order valence-corrected chi connectivity index (χ1v) is 10.5. The van der Waals surface area contributed by atoms with Crippen LogP contribution in [0, 0.1) is 5.92 Å². The molecule has 4 amide bonds. The van der Waals surface area contributed by atoms with Crippen molar-refractivity contribution in [3.63, 3.8) is 0 Å². The van der Waals surface area contributed by atoms with Crippen molar-refractivity contribution in [3.8, 4) is 0 Å². The van der Waals surface area contributed by atoms with Crippen LogP contribution in [-0.4, -0.2) is 59.1 Å². The molecule has 3 heterocycles. The number of nitrogens with zero attached hydrogens (tertiary/aromatic N) is 1. The van der Waals surface area contributed by atoms with Crippen LogP contribution in [0.2, 0.25) is 0 Å². The Morgan fingerprint density at radius 2 is 1.90 bits per heavy atom. The van der Waals surface area contributed by atoms with Gasteiger partial charge in [-0.3, -0.25) is 29.4 Å². The van der Waals surface area contributed by atoms with Crippen LogP contribution in [0.4, 0.5) is 8.78 Å². The Kier molecular flexibility index (Phi) is 4.67. The number of fused-ring (bicyclic) bond motifs is 2. The molecule has 3 unspecified atom stereocenters. The summed E-state index contributed by atoms with van der Waals surface area (Å²) in [5.74, 6) is -5.34. The zero-order valence-corrected chi connectivity index (χ0v) is 16.6. The van der Waals surface area contributed by atoms with E-state index in [9.17, 15) is 28.0 Å². The Morgan fingerprint density at radius 3 is 2.65 bits per heavy atom. The Morgan fingerprint density at radius 1 is 1.10 bits per heavy atom. The van der Waals surface area contributed by atoms with Crippen molar-refractivity contribution in [2.24, 2.45) is 5.92 Å². The molecule has 1 aromatic carbocycles. The molecule has 10 heteroatoms. The standard InChI is InChI=1S/C21H22F2N4O4/c22-21(23)13-5-4-11(25-17(13)21)9-24-8-10-2-1-3-12-16(10)20(31)27(19(12)30)14-6-7-15(28)26-18(14)29/h1-3,11,13-14,17,24-25H,4-9H2,(H,26,28,29)/t11-,13?,14?,17?/m1/s1. The van der Waals surface area contributed by atoms with Crippen molar-refractivity contribution in [2.45, 2.75) is 56.3 Å². The predicted molar refractivity (Wildman–Crippen MR) is 103 cm³/mol. The fourth-order valence-corrected chi connectivity index (χ4v) is 4.97. The minimum Gasteiger partial charge on any atom is -0.311 e. The fourth-order valence-electron chi connectivity index (χ4n) is 4.97. The number of halogens is 2. The molecule has 164 valence electrons. The molecule has 3 N–H and O–H groups in total. The van der Waals surface area contributed by atoms with Gasteiger partial charge in [0.05, 0.1) is 17.2 Å². The van der Waals surface area contributed by atoms with Gasteiger partial charge in [-0.2, -0.15) is 0 Å². The van der Waals surface area contributed by atoms with E-state index < -0.39 is 47.6 Å². The average molecular weight is 432 g/mol. The number of hydrogen-bond acceptors (Lipinski definition) is 6. The zero-order valence-electron chi connectivity index (χ0n) is 16.6. The van der Waals surface area contributed by atoms with E-state index >= 15 is 0 Å². The van der Waals surface area contributed by atoms with E-state index in [2.05, 4.69) is 16.0 Å². The summed E-state index contributed by atoms with van der Waals surface area (Å²) in [4.78, 5) is 50.4. The molecule has 1 saturated carbocycles. The highest BCUT2D eigenvalue weighted by Gasteiger charge is 2.69. The van der Waals surface area contributed by atoms with E-state index in [0.717, 1.165) is 4.90 Å². The van der Waals surface area contributed by atoms with E-state index in [1.165, 1.54) is 0 Å². The number of carbonyl (C=O) groups excluding carboxylic acids is 4. The zero-order chi connectivity index (χ0) is 21.9. The van der Waals surface area contributed by atoms with Crippen molar-refractivity contribution in [1.82, 2.24) is 20.9 Å². The maximum atomic E-state index is 13.5. The number of hydrogen-bond donors (Lipinski definition) is 3. The molecule has 0 aromatic heterocycles. The van der Waals surface area contributed by atoms with Crippen LogP contribution in [0.3, 0.4) is 0 Å². The van der Waals surface area contributed by atoms with E-state index in [0.29, 0.717) is 24.9 Å². The van der Waals surface area contributed by atoms with Crippen LogP contribution < -0.4 is 16.0 Å². The lowest BCUT2D eigenvalue weighted by Gasteiger charge is -2.27. The van der Waals surface area contributed by atoms with Crippen molar-refractivity contribution in [2.75, 3.05) is 6.54 Å². The van der Waals surface area contributed by atoms with Gasteiger partial charge in [-0.1, -0.05) is 12.1 Å². The number of rotatable bonds is 5. The second-order valence-corrected chi connectivity index (χ2v) is 8.62. The van der Waals surface area contributed by atoms with E-state index in [-0.39, 0.29) is 36.6 Å². The second kappa shape index (κ2) is 7.16. The number of carbonyl (C=O) groups is 4. The third-order valence-corrected chi connectivity index (χ3v) is 6.70. The third kappa shape index (κ3) is 3.25. The van der Waals surface area contributed by atoms with Crippen molar-refractivity contribution < 1.29 is 28.0 Å². The van der Waals surface area contributed by atoms with E-state index in [1.54, 1.807) is 18.2 Å². The van der Waals surface area contributed by atoms with Crippen LogP contribution >= 0.6 is 0 Å². The van der Waals surface area contributed by atoms with E-state index in [4.69, 9.17) is 0 Å². The average Bonchev–Trinajstić information content (AvgIpc) is 3.18. The van der Waals surface area contributed by atoms with Gasteiger partial charge >= 0.3 is 0 Å². The molecule has 0 bridgehead atoms. The normalized spacial score (nSPS) is 31.4. The molecular formula is C21H22F2N4O4. The van der Waals surface area contributed by atoms with Crippen LogP contribution in [0.1, 0.15) is 52.0 Å². The maximum absolute atomic E-state index is 13.5. The highest BCUT2D eigenvalue weighted by atomic mass is 19.3. The predicted octanol–water partition coefficient (Wildman–Crippen LogP) is 0.563. The lowest BCUT2D eigenvalue weighted by atomic mass is 10.0. The topological polar surface area (TPSA) is 108 Å². The van der Waals surface area contributed by atoms with Crippen molar-refractivity contribution in [3.05, 3.63) is 34.9 Å². The van der Waals surface area contributed by atoms with Crippen molar-refractivity contribution in [1.29, 1.82) is 0 Å². The van der Waals surface area contributed by atoms with Gasteiger partial charge in [0.2, 0.25) is 11.8 Å². The SMILES string of the molecule is O=C1CCC(N2C(=O)c3cccc(CNC[C@H]4CCC5C(N4)C5(F)F)c3C2=O)C(=O)N1.